The van der Waals surface area contributed by atoms with Gasteiger partial charge in [-0.2, -0.15) is 0 Å². The third kappa shape index (κ3) is 2.43. The molecule has 0 aromatic rings. The topological polar surface area (TPSA) is 58.2 Å². The van der Waals surface area contributed by atoms with Crippen molar-refractivity contribution in [3.63, 3.8) is 0 Å². The first kappa shape index (κ1) is 9.95. The molecule has 1 aliphatic rings. The van der Waals surface area contributed by atoms with Gasteiger partial charge in [-0.15, -0.1) is 0 Å². The SMILES string of the molecule is CC1CC(C)NC(S(C)(=O)=O)N1. The monoisotopic (exact) mass is 192 g/mol. The van der Waals surface area contributed by atoms with Crippen LogP contribution in [0.15, 0.2) is 0 Å². The smallest absolute Gasteiger partial charge is 0.176 e. The summed E-state index contributed by atoms with van der Waals surface area (Å²) in [5, 5.41) is 5.98. The van der Waals surface area contributed by atoms with Gasteiger partial charge in [0.15, 0.2) is 15.3 Å². The third-order valence-corrected chi connectivity index (χ3v) is 3.14. The zero-order valence-corrected chi connectivity index (χ0v) is 8.48. The minimum absolute atomic E-state index is 0.265. The second-order valence-electron chi connectivity index (χ2n) is 3.58. The molecule has 2 atom stereocenters. The highest BCUT2D eigenvalue weighted by Gasteiger charge is 2.28. The zero-order chi connectivity index (χ0) is 9.35. The molecule has 0 aromatic carbocycles. The number of rotatable bonds is 1. The number of hydrogen-bond donors (Lipinski definition) is 2. The van der Waals surface area contributed by atoms with Gasteiger partial charge in [-0.05, 0) is 20.3 Å². The molecule has 0 saturated carbocycles. The second kappa shape index (κ2) is 3.32. The second-order valence-corrected chi connectivity index (χ2v) is 5.71. The molecule has 2 N–H and O–H groups in total. The van der Waals surface area contributed by atoms with Crippen molar-refractivity contribution < 1.29 is 8.42 Å². The van der Waals surface area contributed by atoms with Crippen LogP contribution in [-0.4, -0.2) is 32.3 Å². The fourth-order valence-corrected chi connectivity index (χ4v) is 2.44. The standard InChI is InChI=1S/C7H16N2O2S/c1-5-4-6(2)9-7(8-5)12(3,10)11/h5-9H,4H2,1-3H3. The van der Waals surface area contributed by atoms with E-state index in [4.69, 9.17) is 0 Å². The zero-order valence-electron chi connectivity index (χ0n) is 7.66. The van der Waals surface area contributed by atoms with E-state index >= 15 is 0 Å². The highest BCUT2D eigenvalue weighted by Crippen LogP contribution is 2.08. The molecular weight excluding hydrogens is 176 g/mol. The Morgan fingerprint density at radius 1 is 1.17 bits per heavy atom. The van der Waals surface area contributed by atoms with E-state index in [1.54, 1.807) is 0 Å². The lowest BCUT2D eigenvalue weighted by molar-refractivity contribution is 0.312. The minimum Gasteiger partial charge on any atom is -0.287 e. The Morgan fingerprint density at radius 2 is 1.58 bits per heavy atom. The van der Waals surface area contributed by atoms with E-state index < -0.39 is 15.3 Å². The van der Waals surface area contributed by atoms with Crippen molar-refractivity contribution in [1.82, 2.24) is 10.6 Å². The van der Waals surface area contributed by atoms with Crippen LogP contribution in [0.1, 0.15) is 20.3 Å². The molecule has 4 nitrogen and oxygen atoms in total. The van der Waals surface area contributed by atoms with Crippen LogP contribution in [0.25, 0.3) is 0 Å². The van der Waals surface area contributed by atoms with Gasteiger partial charge in [0.2, 0.25) is 0 Å². The molecule has 1 rings (SSSR count). The molecule has 0 aromatic heterocycles. The highest BCUT2D eigenvalue weighted by atomic mass is 32.2. The molecule has 12 heavy (non-hydrogen) atoms. The first-order valence-corrected chi connectivity index (χ1v) is 6.06. The highest BCUT2D eigenvalue weighted by molar-refractivity contribution is 7.91. The van der Waals surface area contributed by atoms with Crippen molar-refractivity contribution in [3.05, 3.63) is 0 Å². The fourth-order valence-electron chi connectivity index (χ4n) is 1.48. The van der Waals surface area contributed by atoms with E-state index in [1.165, 1.54) is 6.26 Å². The Bertz CT molecular complexity index is 240. The van der Waals surface area contributed by atoms with Gasteiger partial charge < -0.3 is 0 Å². The van der Waals surface area contributed by atoms with Crippen LogP contribution in [0.4, 0.5) is 0 Å². The van der Waals surface area contributed by atoms with Crippen LogP contribution in [0.3, 0.4) is 0 Å². The van der Waals surface area contributed by atoms with E-state index in [2.05, 4.69) is 10.6 Å². The first-order chi connectivity index (χ1) is 5.39. The Labute approximate surface area is 73.6 Å². The van der Waals surface area contributed by atoms with Gasteiger partial charge in [0.25, 0.3) is 0 Å². The Hall–Kier alpha value is -0.130. The van der Waals surface area contributed by atoms with Gasteiger partial charge in [-0.25, -0.2) is 8.42 Å². The van der Waals surface area contributed by atoms with Crippen LogP contribution in [-0.2, 0) is 9.84 Å². The van der Waals surface area contributed by atoms with Crippen molar-refractivity contribution in [2.75, 3.05) is 6.26 Å². The Morgan fingerprint density at radius 3 is 1.92 bits per heavy atom. The maximum atomic E-state index is 11.2. The molecule has 1 aliphatic heterocycles. The van der Waals surface area contributed by atoms with Crippen LogP contribution in [0, 0.1) is 0 Å². The average molecular weight is 192 g/mol. The maximum absolute atomic E-state index is 11.2. The van der Waals surface area contributed by atoms with E-state index in [9.17, 15) is 8.42 Å². The Kier molecular flexibility index (Phi) is 2.75. The van der Waals surface area contributed by atoms with Gasteiger partial charge in [-0.1, -0.05) is 0 Å². The van der Waals surface area contributed by atoms with Gasteiger partial charge in [0.05, 0.1) is 0 Å². The summed E-state index contributed by atoms with van der Waals surface area (Å²) >= 11 is 0. The third-order valence-electron chi connectivity index (χ3n) is 2.01. The number of sulfone groups is 1. The number of hydrogen-bond acceptors (Lipinski definition) is 4. The fraction of sp³-hybridized carbons (Fsp3) is 1.00. The quantitative estimate of drug-likeness (QED) is 0.597. The van der Waals surface area contributed by atoms with Crippen LogP contribution in [0.2, 0.25) is 0 Å². The summed E-state index contributed by atoms with van der Waals surface area (Å²) in [5.74, 6) is 0. The predicted molar refractivity (Wildman–Crippen MR) is 48.4 cm³/mol. The summed E-state index contributed by atoms with van der Waals surface area (Å²) in [7, 11) is -3.01. The molecule has 0 aliphatic carbocycles. The van der Waals surface area contributed by atoms with Gasteiger partial charge in [-0.3, -0.25) is 10.6 Å². The van der Waals surface area contributed by atoms with E-state index in [1.807, 2.05) is 13.8 Å². The van der Waals surface area contributed by atoms with Gasteiger partial charge in [0, 0.05) is 18.3 Å². The molecule has 0 spiro atoms. The molecule has 0 bridgehead atoms. The molecule has 0 amide bonds. The van der Waals surface area contributed by atoms with Crippen molar-refractivity contribution >= 4 is 9.84 Å². The average Bonchev–Trinajstić information content (AvgIpc) is 1.82. The molecule has 72 valence electrons. The van der Waals surface area contributed by atoms with Crippen molar-refractivity contribution in [3.8, 4) is 0 Å². The predicted octanol–water partition coefficient (Wildman–Crippen LogP) is -0.325. The summed E-state index contributed by atoms with van der Waals surface area (Å²) in [6.07, 6.45) is 2.20. The largest absolute Gasteiger partial charge is 0.287 e. The summed E-state index contributed by atoms with van der Waals surface area (Å²) in [4.78, 5) is 0. The van der Waals surface area contributed by atoms with Crippen molar-refractivity contribution in [1.29, 1.82) is 0 Å². The first-order valence-electron chi connectivity index (χ1n) is 4.10. The van der Waals surface area contributed by atoms with Crippen LogP contribution < -0.4 is 10.6 Å². The maximum Gasteiger partial charge on any atom is 0.176 e. The molecule has 1 saturated heterocycles. The molecule has 2 unspecified atom stereocenters. The summed E-state index contributed by atoms with van der Waals surface area (Å²) in [6.45, 7) is 3.99. The van der Waals surface area contributed by atoms with Crippen molar-refractivity contribution in [2.45, 2.75) is 37.8 Å². The summed E-state index contributed by atoms with van der Waals surface area (Å²) < 4.78 is 22.3. The van der Waals surface area contributed by atoms with E-state index in [0.29, 0.717) is 0 Å². The molecule has 0 radical (unpaired) electrons. The molecule has 1 heterocycles. The Balaban J connectivity index is 2.68. The lowest BCUT2D eigenvalue weighted by Gasteiger charge is -2.33. The van der Waals surface area contributed by atoms with E-state index in [0.717, 1.165) is 6.42 Å². The molecule has 1 fully saturated rings. The van der Waals surface area contributed by atoms with E-state index in [-0.39, 0.29) is 12.1 Å². The van der Waals surface area contributed by atoms with Crippen LogP contribution >= 0.6 is 0 Å². The lowest BCUT2D eigenvalue weighted by Crippen LogP contribution is -2.59. The normalized spacial score (nSPS) is 38.1. The van der Waals surface area contributed by atoms with Gasteiger partial charge >= 0.3 is 0 Å². The lowest BCUT2D eigenvalue weighted by atomic mass is 10.1. The van der Waals surface area contributed by atoms with Gasteiger partial charge in [0.1, 0.15) is 0 Å². The number of nitrogens with one attached hydrogen (secondary N) is 2. The minimum atomic E-state index is -3.01. The molecule has 5 heteroatoms. The van der Waals surface area contributed by atoms with Crippen LogP contribution in [0.5, 0.6) is 0 Å². The molecular formula is C7H16N2O2S. The summed E-state index contributed by atoms with van der Waals surface area (Å²) in [6, 6.07) is 0.530. The summed E-state index contributed by atoms with van der Waals surface area (Å²) in [5.41, 5.74) is -0.573. The van der Waals surface area contributed by atoms with Crippen molar-refractivity contribution in [2.24, 2.45) is 0 Å².